The summed E-state index contributed by atoms with van der Waals surface area (Å²) in [4.78, 5) is 0. The maximum Gasteiger partial charge on any atom is 0.0652 e. The highest BCUT2D eigenvalue weighted by atomic mass is 31.1. The molecular formula is C31H54O2P2. The van der Waals surface area contributed by atoms with Crippen molar-refractivity contribution >= 4 is 16.3 Å². The maximum atomic E-state index is 7.28. The van der Waals surface area contributed by atoms with Crippen LogP contribution in [0.5, 0.6) is 0 Å². The molecule has 200 valence electrons. The van der Waals surface area contributed by atoms with Crippen LogP contribution in [0.15, 0.2) is 0 Å². The molecule has 0 N–H and O–H groups in total. The zero-order valence-electron chi connectivity index (χ0n) is 22.6. The molecule has 6 aliphatic rings. The topological polar surface area (TPSA) is 18.5 Å². The Bertz CT molecular complexity index is 558. The van der Waals surface area contributed by atoms with Gasteiger partial charge in [-0.25, -0.2) is 0 Å². The van der Waals surface area contributed by atoms with E-state index in [1.807, 2.05) is 0 Å². The lowest BCUT2D eigenvalue weighted by Gasteiger charge is -2.46. The largest absolute Gasteiger partial charge is 0.355 e. The SMILES string of the molecule is C1CCC(P(O[C@H]2C[C@H]3C[C@@H](OP(C4CCCCC4)C4CCCCC4)[C@H]3C2)C2CCCCC2)CC1. The van der Waals surface area contributed by atoms with Gasteiger partial charge in [-0.3, -0.25) is 0 Å². The first-order valence-corrected chi connectivity index (χ1v) is 19.0. The van der Waals surface area contributed by atoms with Crippen LogP contribution in [0, 0.1) is 11.8 Å². The summed E-state index contributed by atoms with van der Waals surface area (Å²) < 4.78 is 14.6. The molecule has 6 aliphatic carbocycles. The van der Waals surface area contributed by atoms with Crippen LogP contribution in [0.2, 0.25) is 0 Å². The second kappa shape index (κ2) is 12.8. The third-order valence-electron chi connectivity index (χ3n) is 11.0. The molecule has 0 aromatic heterocycles. The van der Waals surface area contributed by atoms with Crippen molar-refractivity contribution < 1.29 is 9.05 Å². The van der Waals surface area contributed by atoms with E-state index in [-0.39, 0.29) is 16.3 Å². The Morgan fingerprint density at radius 3 is 1.23 bits per heavy atom. The standard InChI is InChI=1S/C31H54O2P2/c1-5-13-26(14-6-1)34(27-15-7-2-8-16-27)32-25-21-24-22-31(30(24)23-25)33-35(28-17-9-3-10-18-28)29-19-11-4-12-20-29/h24-31H,1-23H2/t24-,25-,30-,31+/m0/s1. The molecule has 0 aromatic carbocycles. The molecule has 0 saturated heterocycles. The highest BCUT2D eigenvalue weighted by Crippen LogP contribution is 2.64. The minimum Gasteiger partial charge on any atom is -0.355 e. The monoisotopic (exact) mass is 520 g/mol. The van der Waals surface area contributed by atoms with Crippen molar-refractivity contribution in [3.8, 4) is 0 Å². The molecular weight excluding hydrogens is 466 g/mol. The minimum atomic E-state index is -0.207. The molecule has 6 rings (SSSR count). The fraction of sp³-hybridized carbons (Fsp3) is 1.00. The Hall–Kier alpha value is 0.780. The van der Waals surface area contributed by atoms with Gasteiger partial charge < -0.3 is 9.05 Å². The predicted molar refractivity (Wildman–Crippen MR) is 152 cm³/mol. The van der Waals surface area contributed by atoms with E-state index in [0.29, 0.717) is 12.2 Å². The Morgan fingerprint density at radius 1 is 0.400 bits per heavy atom. The van der Waals surface area contributed by atoms with Crippen molar-refractivity contribution in [1.82, 2.24) is 0 Å². The van der Waals surface area contributed by atoms with E-state index >= 15 is 0 Å². The Labute approximate surface area is 219 Å². The van der Waals surface area contributed by atoms with Gasteiger partial charge in [0.15, 0.2) is 0 Å². The number of fused-ring (bicyclic) bond motifs is 1. The lowest BCUT2D eigenvalue weighted by molar-refractivity contribution is 0.0112. The van der Waals surface area contributed by atoms with Crippen LogP contribution in [-0.4, -0.2) is 34.8 Å². The first kappa shape index (κ1) is 26.0. The molecule has 6 saturated carbocycles. The Balaban J connectivity index is 1.07. The summed E-state index contributed by atoms with van der Waals surface area (Å²) in [5.74, 6) is 1.76. The van der Waals surface area contributed by atoms with Crippen LogP contribution in [0.4, 0.5) is 0 Å². The summed E-state index contributed by atoms with van der Waals surface area (Å²) in [6, 6.07) is 0. The summed E-state index contributed by atoms with van der Waals surface area (Å²) in [6.07, 6.45) is 34.7. The van der Waals surface area contributed by atoms with E-state index in [4.69, 9.17) is 9.05 Å². The zero-order chi connectivity index (χ0) is 23.5. The van der Waals surface area contributed by atoms with E-state index in [0.717, 1.165) is 34.5 Å². The third kappa shape index (κ3) is 6.34. The number of hydrogen-bond donors (Lipinski definition) is 0. The summed E-state index contributed by atoms with van der Waals surface area (Å²) in [6.45, 7) is 0. The first-order valence-electron chi connectivity index (χ1n) is 16.3. The van der Waals surface area contributed by atoms with Gasteiger partial charge in [0.05, 0.1) is 12.2 Å². The second-order valence-corrected chi connectivity index (χ2v) is 18.2. The van der Waals surface area contributed by atoms with Crippen LogP contribution in [0.3, 0.4) is 0 Å². The van der Waals surface area contributed by atoms with Gasteiger partial charge in [-0.15, -0.1) is 0 Å². The Kier molecular flexibility index (Phi) is 9.48. The lowest BCUT2D eigenvalue weighted by Crippen LogP contribution is -2.40. The van der Waals surface area contributed by atoms with Crippen LogP contribution in [-0.2, 0) is 9.05 Å². The molecule has 0 bridgehead atoms. The van der Waals surface area contributed by atoms with Crippen LogP contribution >= 0.6 is 16.3 Å². The van der Waals surface area contributed by atoms with Crippen molar-refractivity contribution in [3.05, 3.63) is 0 Å². The van der Waals surface area contributed by atoms with Gasteiger partial charge in [0, 0.05) is 38.9 Å². The van der Waals surface area contributed by atoms with Crippen LogP contribution in [0.25, 0.3) is 0 Å². The maximum absolute atomic E-state index is 7.28. The molecule has 4 heteroatoms. The average molecular weight is 521 g/mol. The molecule has 0 amide bonds. The van der Waals surface area contributed by atoms with Crippen molar-refractivity contribution in [2.45, 2.75) is 183 Å². The second-order valence-electron chi connectivity index (χ2n) is 13.4. The highest BCUT2D eigenvalue weighted by molar-refractivity contribution is 7.54. The molecule has 0 unspecified atom stereocenters. The molecule has 0 aliphatic heterocycles. The van der Waals surface area contributed by atoms with Crippen molar-refractivity contribution in [2.24, 2.45) is 11.8 Å². The number of rotatable bonds is 8. The van der Waals surface area contributed by atoms with Gasteiger partial charge in [-0.2, -0.15) is 0 Å². The normalized spacial score (nSPS) is 36.5. The number of hydrogen-bond acceptors (Lipinski definition) is 2. The molecule has 2 nitrogen and oxygen atoms in total. The van der Waals surface area contributed by atoms with E-state index in [1.165, 1.54) is 148 Å². The summed E-state index contributed by atoms with van der Waals surface area (Å²) >= 11 is 0. The Morgan fingerprint density at radius 2 is 0.800 bits per heavy atom. The van der Waals surface area contributed by atoms with Gasteiger partial charge in [-0.05, 0) is 82.5 Å². The van der Waals surface area contributed by atoms with E-state index in [9.17, 15) is 0 Å². The average Bonchev–Trinajstić information content (AvgIpc) is 3.25. The first-order chi connectivity index (χ1) is 17.3. The molecule has 0 spiro atoms. The quantitative estimate of drug-likeness (QED) is 0.296. The van der Waals surface area contributed by atoms with Gasteiger partial charge in [0.2, 0.25) is 0 Å². The van der Waals surface area contributed by atoms with Gasteiger partial charge in [0.25, 0.3) is 0 Å². The van der Waals surface area contributed by atoms with Crippen molar-refractivity contribution in [1.29, 1.82) is 0 Å². The van der Waals surface area contributed by atoms with Crippen molar-refractivity contribution in [3.63, 3.8) is 0 Å². The molecule has 0 radical (unpaired) electrons. The fourth-order valence-corrected chi connectivity index (χ4v) is 15.4. The van der Waals surface area contributed by atoms with Gasteiger partial charge >= 0.3 is 0 Å². The smallest absolute Gasteiger partial charge is 0.0652 e. The predicted octanol–water partition coefficient (Wildman–Crippen LogP) is 10.3. The van der Waals surface area contributed by atoms with Gasteiger partial charge in [-0.1, -0.05) is 77.0 Å². The highest BCUT2D eigenvalue weighted by Gasteiger charge is 2.51. The van der Waals surface area contributed by atoms with E-state index in [2.05, 4.69) is 0 Å². The van der Waals surface area contributed by atoms with Gasteiger partial charge in [0.1, 0.15) is 0 Å². The van der Waals surface area contributed by atoms with E-state index < -0.39 is 0 Å². The molecule has 0 aromatic rings. The summed E-state index contributed by atoms with van der Waals surface area (Å²) in [5, 5.41) is 0. The zero-order valence-corrected chi connectivity index (χ0v) is 24.4. The molecule has 0 heterocycles. The van der Waals surface area contributed by atoms with Crippen LogP contribution in [0.1, 0.15) is 148 Å². The minimum absolute atomic E-state index is 0.203. The molecule has 35 heavy (non-hydrogen) atoms. The van der Waals surface area contributed by atoms with E-state index in [1.54, 1.807) is 0 Å². The fourth-order valence-electron chi connectivity index (χ4n) is 8.93. The summed E-state index contributed by atoms with van der Waals surface area (Å²) in [5.41, 5.74) is 3.72. The van der Waals surface area contributed by atoms with Crippen LogP contribution < -0.4 is 0 Å². The molecule has 6 fully saturated rings. The van der Waals surface area contributed by atoms with Crippen molar-refractivity contribution in [2.75, 3.05) is 0 Å². The summed E-state index contributed by atoms with van der Waals surface area (Å²) in [7, 11) is -0.410. The lowest BCUT2D eigenvalue weighted by atomic mass is 9.74. The third-order valence-corrected chi connectivity index (χ3v) is 17.0. The molecule has 4 atom stereocenters.